The van der Waals surface area contributed by atoms with E-state index in [0.29, 0.717) is 22.3 Å². The van der Waals surface area contributed by atoms with Crippen LogP contribution in [0.25, 0.3) is 16.6 Å². The summed E-state index contributed by atoms with van der Waals surface area (Å²) in [4.78, 5) is 25.4. The molecule has 0 unspecified atom stereocenters. The van der Waals surface area contributed by atoms with Gasteiger partial charge in [-0.2, -0.15) is 0 Å². The predicted molar refractivity (Wildman–Crippen MR) is 152 cm³/mol. The van der Waals surface area contributed by atoms with Crippen molar-refractivity contribution in [2.45, 2.75) is 47.1 Å². The minimum absolute atomic E-state index is 0.0655. The van der Waals surface area contributed by atoms with Gasteiger partial charge in [-0.05, 0) is 68.4 Å². The highest BCUT2D eigenvalue weighted by molar-refractivity contribution is 6.08. The van der Waals surface area contributed by atoms with E-state index in [9.17, 15) is 32.3 Å². The molecule has 0 fully saturated rings. The van der Waals surface area contributed by atoms with Crippen molar-refractivity contribution < 1.29 is 46.5 Å². The number of Topliss-reactive ketones (excluding diaryl/α,β-unsaturated/α-hetero) is 1. The summed E-state index contributed by atoms with van der Waals surface area (Å²) >= 11 is 0. The van der Waals surface area contributed by atoms with Crippen molar-refractivity contribution in [1.29, 1.82) is 0 Å². The summed E-state index contributed by atoms with van der Waals surface area (Å²) in [7, 11) is 0. The number of nitrogens with zero attached hydrogens (tertiary/aromatic N) is 1. The van der Waals surface area contributed by atoms with Crippen LogP contribution in [0.1, 0.15) is 45.1 Å². The minimum atomic E-state index is -5.07. The molecule has 0 amide bonds. The lowest BCUT2D eigenvalue weighted by Crippen LogP contribution is -2.27. The smallest absolute Gasteiger partial charge is 0.491 e. The number of nitrogens with one attached hydrogen (secondary N) is 1. The van der Waals surface area contributed by atoms with Crippen molar-refractivity contribution in [3.05, 3.63) is 72.2 Å². The Bertz CT molecular complexity index is 1650. The lowest BCUT2D eigenvalue weighted by atomic mass is 9.91. The van der Waals surface area contributed by atoms with Crippen LogP contribution in [0.5, 0.6) is 23.0 Å². The number of benzene rings is 3. The van der Waals surface area contributed by atoms with E-state index in [-0.39, 0.29) is 41.3 Å². The molecular weight excluding hydrogens is 572 g/mol. The van der Waals surface area contributed by atoms with Crippen molar-refractivity contribution in [3.63, 3.8) is 0 Å². The summed E-state index contributed by atoms with van der Waals surface area (Å²) in [6, 6.07) is 14.0. The second-order valence-electron chi connectivity index (χ2n) is 11.0. The van der Waals surface area contributed by atoms with E-state index in [0.717, 1.165) is 18.2 Å². The fourth-order valence-corrected chi connectivity index (χ4v) is 4.25. The number of fused-ring (bicyclic) bond motifs is 1. The van der Waals surface area contributed by atoms with Gasteiger partial charge in [0.1, 0.15) is 17.2 Å². The SMILES string of the molecule is CC(C)Oc1ccc(-n2c(C(=O)O)c(NCC(=O)C(C)(C)C)c3cc(Oc4ccc(OC(F)(F)F)c(F)c4)ccc32)cc1. The third kappa shape index (κ3) is 7.37. The highest BCUT2D eigenvalue weighted by Crippen LogP contribution is 2.38. The van der Waals surface area contributed by atoms with Crippen LogP contribution in [0.2, 0.25) is 0 Å². The van der Waals surface area contributed by atoms with Crippen LogP contribution in [0.3, 0.4) is 0 Å². The molecule has 0 aliphatic carbocycles. The van der Waals surface area contributed by atoms with E-state index in [1.165, 1.54) is 16.7 Å². The summed E-state index contributed by atoms with van der Waals surface area (Å²) in [6.07, 6.45) is -5.13. The first-order valence-electron chi connectivity index (χ1n) is 13.2. The van der Waals surface area contributed by atoms with Crippen LogP contribution < -0.4 is 19.5 Å². The number of halogens is 4. The minimum Gasteiger partial charge on any atom is -0.491 e. The van der Waals surface area contributed by atoms with E-state index in [4.69, 9.17) is 9.47 Å². The first kappa shape index (κ1) is 31.2. The highest BCUT2D eigenvalue weighted by Gasteiger charge is 2.32. The number of hydrogen-bond donors (Lipinski definition) is 2. The van der Waals surface area contributed by atoms with Crippen molar-refractivity contribution in [2.24, 2.45) is 5.41 Å². The molecule has 4 aromatic rings. The summed E-state index contributed by atoms with van der Waals surface area (Å²) in [5, 5.41) is 13.7. The number of rotatable bonds is 10. The Balaban J connectivity index is 1.81. The number of anilines is 1. The number of carbonyl (C=O) groups excluding carboxylic acids is 1. The largest absolute Gasteiger partial charge is 0.573 e. The van der Waals surface area contributed by atoms with Crippen LogP contribution >= 0.6 is 0 Å². The number of hydrogen-bond acceptors (Lipinski definition) is 6. The van der Waals surface area contributed by atoms with Gasteiger partial charge >= 0.3 is 12.3 Å². The molecule has 8 nitrogen and oxygen atoms in total. The van der Waals surface area contributed by atoms with Gasteiger partial charge in [-0.25, -0.2) is 9.18 Å². The van der Waals surface area contributed by atoms with Gasteiger partial charge in [-0.15, -0.1) is 13.2 Å². The average molecular weight is 603 g/mol. The maximum Gasteiger partial charge on any atom is 0.573 e. The lowest BCUT2D eigenvalue weighted by molar-refractivity contribution is -0.275. The fourth-order valence-electron chi connectivity index (χ4n) is 4.25. The molecule has 0 saturated heterocycles. The van der Waals surface area contributed by atoms with Gasteiger partial charge < -0.3 is 29.2 Å². The Kier molecular flexibility index (Phi) is 8.61. The molecule has 0 aliphatic heterocycles. The van der Waals surface area contributed by atoms with E-state index in [1.807, 2.05) is 13.8 Å². The molecule has 3 aromatic carbocycles. The zero-order valence-electron chi connectivity index (χ0n) is 24.0. The summed E-state index contributed by atoms with van der Waals surface area (Å²) in [5.41, 5.74) is 0.262. The standard InChI is InChI=1S/C31H30F4N2O6/c1-17(2)41-19-8-6-18(7-9-19)37-24-12-10-20(42-21-11-13-25(23(32)15-21)43-31(33,34)35)14-22(24)27(28(37)29(39)40)36-16-26(38)30(3,4)5/h6-15,17,36H,16H2,1-5H3,(H,39,40). The van der Waals surface area contributed by atoms with Crippen molar-refractivity contribution in [1.82, 2.24) is 4.57 Å². The van der Waals surface area contributed by atoms with Crippen LogP contribution in [0, 0.1) is 11.2 Å². The third-order valence-electron chi connectivity index (χ3n) is 6.23. The normalized spacial score (nSPS) is 12.0. The maximum absolute atomic E-state index is 14.3. The Morgan fingerprint density at radius 2 is 1.53 bits per heavy atom. The van der Waals surface area contributed by atoms with Crippen LogP contribution in [0.15, 0.2) is 60.7 Å². The predicted octanol–water partition coefficient (Wildman–Crippen LogP) is 7.97. The number of ketones is 1. The molecular formula is C31H30F4N2O6. The van der Waals surface area contributed by atoms with Crippen LogP contribution in [0.4, 0.5) is 23.2 Å². The molecule has 0 radical (unpaired) electrons. The molecule has 228 valence electrons. The Morgan fingerprint density at radius 1 is 0.930 bits per heavy atom. The van der Waals surface area contributed by atoms with Gasteiger partial charge in [0.15, 0.2) is 23.0 Å². The topological polar surface area (TPSA) is 99.0 Å². The van der Waals surface area contributed by atoms with E-state index in [2.05, 4.69) is 10.1 Å². The fraction of sp³-hybridized carbons (Fsp3) is 0.290. The van der Waals surface area contributed by atoms with E-state index in [1.54, 1.807) is 51.1 Å². The highest BCUT2D eigenvalue weighted by atomic mass is 19.4. The summed E-state index contributed by atoms with van der Waals surface area (Å²) < 4.78 is 68.4. The lowest BCUT2D eigenvalue weighted by Gasteiger charge is -2.17. The number of carboxylic acid groups (broad SMARTS) is 1. The van der Waals surface area contributed by atoms with Crippen LogP contribution in [-0.4, -0.2) is 40.4 Å². The molecule has 0 saturated carbocycles. The zero-order valence-corrected chi connectivity index (χ0v) is 24.0. The first-order valence-corrected chi connectivity index (χ1v) is 13.2. The Morgan fingerprint density at radius 3 is 2.09 bits per heavy atom. The Hall–Kier alpha value is -4.74. The molecule has 0 aliphatic rings. The van der Waals surface area contributed by atoms with Crippen molar-refractivity contribution in [3.8, 4) is 28.7 Å². The second-order valence-corrected chi connectivity index (χ2v) is 11.0. The number of carbonyl (C=O) groups is 2. The number of carboxylic acids is 1. The van der Waals surface area contributed by atoms with Gasteiger partial charge in [0.05, 0.1) is 23.9 Å². The van der Waals surface area contributed by atoms with Gasteiger partial charge in [0.25, 0.3) is 0 Å². The second kappa shape index (κ2) is 11.9. The molecule has 0 atom stereocenters. The monoisotopic (exact) mass is 602 g/mol. The molecule has 1 aromatic heterocycles. The molecule has 12 heteroatoms. The maximum atomic E-state index is 14.3. The average Bonchev–Trinajstić information content (AvgIpc) is 3.21. The quantitative estimate of drug-likeness (QED) is 0.178. The number of aromatic nitrogens is 1. The third-order valence-corrected chi connectivity index (χ3v) is 6.23. The number of ether oxygens (including phenoxy) is 3. The molecule has 43 heavy (non-hydrogen) atoms. The molecule has 4 rings (SSSR count). The Labute approximate surface area is 244 Å². The molecule has 2 N–H and O–H groups in total. The summed E-state index contributed by atoms with van der Waals surface area (Å²) in [6.45, 7) is 8.83. The van der Waals surface area contributed by atoms with Crippen molar-refractivity contribution >= 4 is 28.3 Å². The van der Waals surface area contributed by atoms with Gasteiger partial charge in [-0.1, -0.05) is 20.8 Å². The van der Waals surface area contributed by atoms with Gasteiger partial charge in [0, 0.05) is 22.6 Å². The van der Waals surface area contributed by atoms with Crippen molar-refractivity contribution in [2.75, 3.05) is 11.9 Å². The summed E-state index contributed by atoms with van der Waals surface area (Å²) in [5.74, 6) is -3.13. The number of alkyl halides is 3. The zero-order chi connectivity index (χ0) is 31.7. The number of aromatic carboxylic acids is 1. The molecule has 0 spiro atoms. The van der Waals surface area contributed by atoms with Gasteiger partial charge in [-0.3, -0.25) is 4.79 Å². The van der Waals surface area contributed by atoms with Gasteiger partial charge in [0.2, 0.25) is 0 Å². The van der Waals surface area contributed by atoms with Crippen LogP contribution in [-0.2, 0) is 4.79 Å². The first-order chi connectivity index (χ1) is 20.0. The van der Waals surface area contributed by atoms with E-state index >= 15 is 0 Å². The molecule has 0 bridgehead atoms. The van der Waals surface area contributed by atoms with E-state index < -0.39 is 29.3 Å². The molecule has 1 heterocycles.